The van der Waals surface area contributed by atoms with E-state index in [1.54, 1.807) is 61.5 Å². The van der Waals surface area contributed by atoms with Gasteiger partial charge in [0.15, 0.2) is 12.2 Å². The molecule has 12 atom stereocenters. The molecule has 3 aliphatic rings. The molecule has 0 N–H and O–H groups in total. The van der Waals surface area contributed by atoms with Crippen molar-refractivity contribution in [1.29, 1.82) is 0 Å². The van der Waals surface area contributed by atoms with Gasteiger partial charge in [-0.1, -0.05) is 108 Å². The molecule has 13 nitrogen and oxygen atoms in total. The second-order valence-electron chi connectivity index (χ2n) is 16.2. The molecule has 2 aromatic carbocycles. The fraction of sp³-hybridized carbons (Fsp3) is 0.511. The van der Waals surface area contributed by atoms with Crippen LogP contribution in [-0.4, -0.2) is 75.0 Å². The third-order valence-corrected chi connectivity index (χ3v) is 12.6. The molecule has 0 aromatic heterocycles. The molecule has 5 rings (SSSR count). The number of rotatable bonds is 17. The standard InChI is InChI=1S/C47H58O13/c1-11-27(3)36(58-42(51)39(53-9)32-19-15-13-16-20-32)26-46(8)29(5)23-38(59-43(52)40(54-10)33-21-17-14-18-22-33)47-35(44(55-30(6)48)60-45(47)56-31(7)49)24-34(25-37(46)47)57-41(50)28(4)12-2/h11,13-22,24,28-29,34,36-40,44-45H,1,3,12,23,25-26H2,2,4-10H3/t28?,29-,34+,36+,37+,38+,39-,40-,44+,45-,46-,47?/m0/s1. The van der Waals surface area contributed by atoms with Crippen molar-refractivity contribution < 1.29 is 61.9 Å². The van der Waals surface area contributed by atoms with Crippen molar-refractivity contribution in [2.45, 2.75) is 110 Å². The molecule has 324 valence electrons. The van der Waals surface area contributed by atoms with Gasteiger partial charge >= 0.3 is 29.8 Å². The van der Waals surface area contributed by atoms with Gasteiger partial charge in [-0.2, -0.15) is 0 Å². The van der Waals surface area contributed by atoms with Crippen molar-refractivity contribution >= 4 is 29.8 Å². The Morgan fingerprint density at radius 3 is 1.92 bits per heavy atom. The minimum atomic E-state index is -1.53. The molecule has 60 heavy (non-hydrogen) atoms. The van der Waals surface area contributed by atoms with E-state index in [2.05, 4.69) is 13.2 Å². The highest BCUT2D eigenvalue weighted by Gasteiger charge is 2.73. The fourth-order valence-electron chi connectivity index (χ4n) is 9.13. The lowest BCUT2D eigenvalue weighted by Crippen LogP contribution is -2.64. The van der Waals surface area contributed by atoms with Crippen molar-refractivity contribution in [3.05, 3.63) is 108 Å². The molecule has 2 unspecified atom stereocenters. The third-order valence-electron chi connectivity index (χ3n) is 12.6. The summed E-state index contributed by atoms with van der Waals surface area (Å²) in [5, 5.41) is 0. The highest BCUT2D eigenvalue weighted by Crippen LogP contribution is 2.68. The monoisotopic (exact) mass is 830 g/mol. The van der Waals surface area contributed by atoms with E-state index in [1.807, 2.05) is 32.9 Å². The van der Waals surface area contributed by atoms with Gasteiger partial charge in [-0.15, -0.1) is 0 Å². The molecule has 0 radical (unpaired) electrons. The molecule has 1 spiro atoms. The second kappa shape index (κ2) is 19.5. The molecule has 1 heterocycles. The second-order valence-corrected chi connectivity index (χ2v) is 16.2. The number of hydrogen-bond donors (Lipinski definition) is 0. The van der Waals surface area contributed by atoms with Crippen LogP contribution in [0.4, 0.5) is 0 Å². The summed E-state index contributed by atoms with van der Waals surface area (Å²) < 4.78 is 48.5. The van der Waals surface area contributed by atoms with Crippen LogP contribution < -0.4 is 0 Å². The van der Waals surface area contributed by atoms with Gasteiger partial charge in [0.1, 0.15) is 23.7 Å². The van der Waals surface area contributed by atoms with E-state index < -0.39 is 95.6 Å². The summed E-state index contributed by atoms with van der Waals surface area (Å²) >= 11 is 0. The Kier molecular flexibility index (Phi) is 15.0. The maximum absolute atomic E-state index is 14.4. The van der Waals surface area contributed by atoms with Gasteiger partial charge in [-0.3, -0.25) is 19.1 Å². The summed E-state index contributed by atoms with van der Waals surface area (Å²) in [6, 6.07) is 17.8. The third kappa shape index (κ3) is 9.28. The summed E-state index contributed by atoms with van der Waals surface area (Å²) in [5.41, 5.74) is -0.583. The zero-order valence-corrected chi connectivity index (χ0v) is 35.8. The predicted octanol–water partition coefficient (Wildman–Crippen LogP) is 7.46. The maximum Gasteiger partial charge on any atom is 0.340 e. The van der Waals surface area contributed by atoms with Crippen molar-refractivity contribution in [2.24, 2.45) is 28.6 Å². The topological polar surface area (TPSA) is 159 Å². The molecule has 2 fully saturated rings. The van der Waals surface area contributed by atoms with E-state index in [1.165, 1.54) is 34.1 Å². The molecule has 2 aliphatic carbocycles. The summed E-state index contributed by atoms with van der Waals surface area (Å²) in [7, 11) is 2.82. The van der Waals surface area contributed by atoms with Crippen LogP contribution in [0, 0.1) is 28.6 Å². The Morgan fingerprint density at radius 1 is 0.833 bits per heavy atom. The molecular formula is C47H58O13. The molecule has 0 amide bonds. The number of methoxy groups -OCH3 is 2. The molecule has 13 heteroatoms. The first-order chi connectivity index (χ1) is 28.5. The van der Waals surface area contributed by atoms with E-state index in [9.17, 15) is 24.0 Å². The van der Waals surface area contributed by atoms with Crippen LogP contribution in [0.3, 0.4) is 0 Å². The highest BCUT2D eigenvalue weighted by atomic mass is 16.8. The smallest absolute Gasteiger partial charge is 0.340 e. The molecule has 1 aliphatic heterocycles. The van der Waals surface area contributed by atoms with Crippen molar-refractivity contribution in [2.75, 3.05) is 14.2 Å². The van der Waals surface area contributed by atoms with Crippen LogP contribution in [0.2, 0.25) is 0 Å². The molecular weight excluding hydrogens is 773 g/mol. The molecule has 0 bridgehead atoms. The Bertz CT molecular complexity index is 1930. The molecule has 1 saturated heterocycles. The van der Waals surface area contributed by atoms with Gasteiger partial charge in [0.25, 0.3) is 0 Å². The Morgan fingerprint density at radius 2 is 1.40 bits per heavy atom. The van der Waals surface area contributed by atoms with Crippen LogP contribution in [0.1, 0.15) is 90.6 Å². The fourth-order valence-corrected chi connectivity index (χ4v) is 9.13. The Hall–Kier alpha value is -5.11. The minimum absolute atomic E-state index is 0.132. The lowest BCUT2D eigenvalue weighted by Gasteiger charge is -2.61. The van der Waals surface area contributed by atoms with Crippen molar-refractivity contribution in [3.8, 4) is 0 Å². The predicted molar refractivity (Wildman–Crippen MR) is 218 cm³/mol. The first kappa shape index (κ1) is 46.0. The number of esters is 5. The number of carbonyl (C=O) groups excluding carboxylic acids is 5. The summed E-state index contributed by atoms with van der Waals surface area (Å²) in [4.78, 5) is 67.5. The zero-order chi connectivity index (χ0) is 43.9. The van der Waals surface area contributed by atoms with Gasteiger partial charge in [0.2, 0.25) is 12.6 Å². The summed E-state index contributed by atoms with van der Waals surface area (Å²) in [5.74, 6) is -4.69. The Balaban J connectivity index is 1.70. The first-order valence-electron chi connectivity index (χ1n) is 20.4. The maximum atomic E-state index is 14.4. The first-order valence-corrected chi connectivity index (χ1v) is 20.4. The van der Waals surface area contributed by atoms with Crippen LogP contribution >= 0.6 is 0 Å². The zero-order valence-electron chi connectivity index (χ0n) is 35.8. The summed E-state index contributed by atoms with van der Waals surface area (Å²) in [6.45, 7) is 18.2. The van der Waals surface area contributed by atoms with Gasteiger partial charge in [-0.25, -0.2) is 9.59 Å². The van der Waals surface area contributed by atoms with E-state index in [4.69, 9.17) is 37.9 Å². The highest BCUT2D eigenvalue weighted by molar-refractivity contribution is 5.78. The van der Waals surface area contributed by atoms with Crippen LogP contribution in [0.5, 0.6) is 0 Å². The van der Waals surface area contributed by atoms with Gasteiger partial charge in [0.05, 0.1) is 5.92 Å². The van der Waals surface area contributed by atoms with E-state index in [0.717, 1.165) is 0 Å². The lowest BCUT2D eigenvalue weighted by atomic mass is 9.44. The van der Waals surface area contributed by atoms with Gasteiger partial charge in [0, 0.05) is 33.6 Å². The largest absolute Gasteiger partial charge is 0.459 e. The molecule has 1 saturated carbocycles. The number of hydrogen-bond acceptors (Lipinski definition) is 13. The van der Waals surface area contributed by atoms with E-state index in [0.29, 0.717) is 28.7 Å². The van der Waals surface area contributed by atoms with Crippen LogP contribution in [0.25, 0.3) is 0 Å². The number of benzene rings is 2. The number of ether oxygens (including phenoxy) is 8. The lowest BCUT2D eigenvalue weighted by molar-refractivity contribution is -0.261. The summed E-state index contributed by atoms with van der Waals surface area (Å²) in [6.07, 6.45) is -3.79. The number of carbonyl (C=O) groups is 5. The van der Waals surface area contributed by atoms with Crippen molar-refractivity contribution in [1.82, 2.24) is 0 Å². The average Bonchev–Trinajstić information content (AvgIpc) is 3.51. The van der Waals surface area contributed by atoms with Gasteiger partial charge < -0.3 is 33.2 Å². The van der Waals surface area contributed by atoms with Crippen LogP contribution in [-0.2, 0) is 61.9 Å². The average molecular weight is 831 g/mol. The van der Waals surface area contributed by atoms with Gasteiger partial charge in [-0.05, 0) is 65.7 Å². The van der Waals surface area contributed by atoms with E-state index >= 15 is 0 Å². The Labute approximate surface area is 352 Å². The quantitative estimate of drug-likeness (QED) is 0.0670. The van der Waals surface area contributed by atoms with Crippen LogP contribution in [0.15, 0.2) is 97.1 Å². The SMILES string of the molecule is C=CC(=C)[C@@H](C[C@@]1(C)[C@@H](C)C[C@@H](OC(=O)[C@@H](OC)c2ccccc2)C23C(=C[C@@H](OC(=O)C(C)CC)C[C@@H]21)[C@H](OC(C)=O)O[C@@H]3OC(C)=O)OC(=O)[C@@H](OC)c1ccccc1. The molecule has 2 aromatic rings. The minimum Gasteiger partial charge on any atom is -0.459 e. The van der Waals surface area contributed by atoms with Crippen molar-refractivity contribution in [3.63, 3.8) is 0 Å². The normalized spacial score (nSPS) is 28.8. The van der Waals surface area contributed by atoms with E-state index in [-0.39, 0.29) is 25.2 Å².